The van der Waals surface area contributed by atoms with E-state index in [-0.39, 0.29) is 19.6 Å². The van der Waals surface area contributed by atoms with Gasteiger partial charge < -0.3 is 20.5 Å². The summed E-state index contributed by atoms with van der Waals surface area (Å²) in [5.41, 5.74) is -0.785. The number of benzene rings is 1. The Morgan fingerprint density at radius 3 is 2.75 bits per heavy atom. The number of nitrogens with zero attached hydrogens (tertiary/aromatic N) is 1. The molecule has 0 radical (unpaired) electrons. The molecule has 1 aromatic rings. The van der Waals surface area contributed by atoms with Crippen LogP contribution in [0, 0.1) is 11.3 Å². The number of aliphatic carboxylic acids is 1. The molecule has 2 rings (SSSR count). The number of urea groups is 1. The molecule has 1 unspecified atom stereocenters. The third-order valence-electron chi connectivity index (χ3n) is 3.08. The number of carbonyl (C=O) groups excluding carboxylic acids is 1. The highest BCUT2D eigenvalue weighted by molar-refractivity contribution is 5.95. The second-order valence-electron chi connectivity index (χ2n) is 4.43. The van der Waals surface area contributed by atoms with Crippen molar-refractivity contribution in [1.82, 2.24) is 5.32 Å². The number of anilines is 1. The molecule has 104 valence electrons. The summed E-state index contributed by atoms with van der Waals surface area (Å²) >= 11 is 0. The van der Waals surface area contributed by atoms with Crippen LogP contribution in [0.5, 0.6) is 0 Å². The monoisotopic (exact) mass is 275 g/mol. The lowest BCUT2D eigenvalue weighted by molar-refractivity contribution is -0.144. The van der Waals surface area contributed by atoms with Crippen molar-refractivity contribution in [3.05, 3.63) is 29.8 Å². The van der Waals surface area contributed by atoms with Crippen LogP contribution in [0.4, 0.5) is 10.5 Å². The van der Waals surface area contributed by atoms with E-state index in [9.17, 15) is 14.7 Å². The summed E-state index contributed by atoms with van der Waals surface area (Å²) in [5.74, 6) is -1.14. The maximum atomic E-state index is 11.9. The molecule has 0 aliphatic carbocycles. The smallest absolute Gasteiger partial charge is 0.332 e. The molecule has 1 atom stereocenters. The third-order valence-corrected chi connectivity index (χ3v) is 3.08. The highest BCUT2D eigenvalue weighted by Gasteiger charge is 2.44. The van der Waals surface area contributed by atoms with E-state index in [1.165, 1.54) is 0 Å². The number of hydrogen-bond acceptors (Lipinski definition) is 4. The molecular weight excluding hydrogens is 262 g/mol. The Hall–Kier alpha value is -2.59. The van der Waals surface area contributed by atoms with Crippen molar-refractivity contribution < 1.29 is 19.4 Å². The Morgan fingerprint density at radius 1 is 1.40 bits per heavy atom. The first-order valence-corrected chi connectivity index (χ1v) is 5.97. The first kappa shape index (κ1) is 13.8. The van der Waals surface area contributed by atoms with Crippen molar-refractivity contribution in [2.24, 2.45) is 0 Å². The van der Waals surface area contributed by atoms with Gasteiger partial charge in [-0.05, 0) is 12.1 Å². The zero-order valence-corrected chi connectivity index (χ0v) is 10.5. The fraction of sp³-hybridized carbons (Fsp3) is 0.308. The standard InChI is InChI=1S/C13H13N3O4/c14-7-9-3-1-2-4-10(9)15-12(19)16-13(11(17)18)5-6-20-8-13/h1-4H,5-6,8H2,(H,17,18)(H2,15,16,19). The van der Waals surface area contributed by atoms with Crippen molar-refractivity contribution in [1.29, 1.82) is 5.26 Å². The highest BCUT2D eigenvalue weighted by Crippen LogP contribution is 2.20. The molecule has 3 N–H and O–H groups in total. The van der Waals surface area contributed by atoms with Crippen LogP contribution in [-0.4, -0.2) is 35.9 Å². The topological polar surface area (TPSA) is 111 Å². The SMILES string of the molecule is N#Cc1ccccc1NC(=O)NC1(C(=O)O)CCOC1. The van der Waals surface area contributed by atoms with Crippen molar-refractivity contribution in [2.45, 2.75) is 12.0 Å². The first-order chi connectivity index (χ1) is 9.57. The van der Waals surface area contributed by atoms with Gasteiger partial charge in [0.1, 0.15) is 6.07 Å². The highest BCUT2D eigenvalue weighted by atomic mass is 16.5. The summed E-state index contributed by atoms with van der Waals surface area (Å²) in [6.07, 6.45) is 0.204. The number of carboxylic acids is 1. The summed E-state index contributed by atoms with van der Waals surface area (Å²) in [5, 5.41) is 23.0. The Balaban J connectivity index is 2.09. The first-order valence-electron chi connectivity index (χ1n) is 5.97. The molecule has 0 saturated carbocycles. The quantitative estimate of drug-likeness (QED) is 0.759. The minimum absolute atomic E-state index is 0.0738. The van der Waals surface area contributed by atoms with Gasteiger partial charge in [0.2, 0.25) is 0 Å². The normalized spacial score (nSPS) is 20.9. The largest absolute Gasteiger partial charge is 0.479 e. The summed E-state index contributed by atoms with van der Waals surface area (Å²) in [6, 6.07) is 7.73. The zero-order chi connectivity index (χ0) is 14.6. The van der Waals surface area contributed by atoms with Crippen LogP contribution < -0.4 is 10.6 Å². The molecule has 1 saturated heterocycles. The van der Waals surface area contributed by atoms with Gasteiger partial charge in [-0.2, -0.15) is 5.26 Å². The summed E-state index contributed by atoms with van der Waals surface area (Å²) in [4.78, 5) is 23.2. The van der Waals surface area contributed by atoms with Gasteiger partial charge in [-0.1, -0.05) is 12.1 Å². The van der Waals surface area contributed by atoms with Crippen LogP contribution >= 0.6 is 0 Å². The average Bonchev–Trinajstić information content (AvgIpc) is 2.89. The second-order valence-corrected chi connectivity index (χ2v) is 4.43. The molecule has 0 spiro atoms. The van der Waals surface area contributed by atoms with E-state index in [0.717, 1.165) is 0 Å². The Morgan fingerprint density at radius 2 is 2.15 bits per heavy atom. The van der Waals surface area contributed by atoms with Gasteiger partial charge in [0.05, 0.1) is 17.9 Å². The molecule has 1 aromatic carbocycles. The average molecular weight is 275 g/mol. The summed E-state index contributed by atoms with van der Waals surface area (Å²) < 4.78 is 5.04. The van der Waals surface area contributed by atoms with E-state index < -0.39 is 17.5 Å². The van der Waals surface area contributed by atoms with Gasteiger partial charge >= 0.3 is 12.0 Å². The van der Waals surface area contributed by atoms with E-state index >= 15 is 0 Å². The molecule has 2 amide bonds. The minimum Gasteiger partial charge on any atom is -0.479 e. The molecule has 1 aliphatic rings. The van der Waals surface area contributed by atoms with Crippen LogP contribution in [0.15, 0.2) is 24.3 Å². The van der Waals surface area contributed by atoms with Crippen LogP contribution in [0.25, 0.3) is 0 Å². The number of amides is 2. The van der Waals surface area contributed by atoms with E-state index in [1.54, 1.807) is 24.3 Å². The lowest BCUT2D eigenvalue weighted by Gasteiger charge is -2.23. The van der Waals surface area contributed by atoms with Crippen LogP contribution in [0.1, 0.15) is 12.0 Å². The Bertz CT molecular complexity index is 573. The molecule has 7 nitrogen and oxygen atoms in total. The van der Waals surface area contributed by atoms with Crippen LogP contribution in [-0.2, 0) is 9.53 Å². The van der Waals surface area contributed by atoms with E-state index in [1.807, 2.05) is 6.07 Å². The number of nitriles is 1. The molecule has 7 heteroatoms. The van der Waals surface area contributed by atoms with Gasteiger partial charge in [0, 0.05) is 13.0 Å². The van der Waals surface area contributed by atoms with Gasteiger partial charge in [-0.3, -0.25) is 0 Å². The Kier molecular flexibility index (Phi) is 3.86. The maximum Gasteiger partial charge on any atom is 0.332 e. The van der Waals surface area contributed by atoms with Gasteiger partial charge in [0.15, 0.2) is 5.54 Å². The van der Waals surface area contributed by atoms with Gasteiger partial charge in [-0.25, -0.2) is 9.59 Å². The Labute approximate surface area is 115 Å². The predicted molar refractivity (Wildman–Crippen MR) is 69.1 cm³/mol. The number of carbonyl (C=O) groups is 2. The molecular formula is C13H13N3O4. The molecule has 1 aliphatic heterocycles. The fourth-order valence-corrected chi connectivity index (χ4v) is 1.95. The molecule has 0 bridgehead atoms. The lowest BCUT2D eigenvalue weighted by Crippen LogP contribution is -2.56. The molecule has 1 fully saturated rings. The number of ether oxygens (including phenoxy) is 1. The van der Waals surface area contributed by atoms with Crippen LogP contribution in [0.2, 0.25) is 0 Å². The van der Waals surface area contributed by atoms with Crippen LogP contribution in [0.3, 0.4) is 0 Å². The fourth-order valence-electron chi connectivity index (χ4n) is 1.95. The van der Waals surface area contributed by atoms with Crippen molar-refractivity contribution in [2.75, 3.05) is 18.5 Å². The number of rotatable bonds is 3. The molecule has 20 heavy (non-hydrogen) atoms. The second kappa shape index (κ2) is 5.59. The van der Waals surface area contributed by atoms with Gasteiger partial charge in [0.25, 0.3) is 0 Å². The lowest BCUT2D eigenvalue weighted by atomic mass is 9.99. The minimum atomic E-state index is -1.41. The zero-order valence-electron chi connectivity index (χ0n) is 10.5. The third kappa shape index (κ3) is 2.70. The molecule has 0 aromatic heterocycles. The predicted octanol–water partition coefficient (Wildman–Crippen LogP) is 0.923. The van der Waals surface area contributed by atoms with Crippen molar-refractivity contribution in [3.63, 3.8) is 0 Å². The van der Waals surface area contributed by atoms with E-state index in [2.05, 4.69) is 10.6 Å². The van der Waals surface area contributed by atoms with E-state index in [4.69, 9.17) is 10.00 Å². The van der Waals surface area contributed by atoms with E-state index in [0.29, 0.717) is 11.3 Å². The van der Waals surface area contributed by atoms with Crippen molar-refractivity contribution in [3.8, 4) is 6.07 Å². The number of para-hydroxylation sites is 1. The number of nitrogens with one attached hydrogen (secondary N) is 2. The summed E-state index contributed by atoms with van der Waals surface area (Å²) in [6.45, 7) is 0.205. The number of hydrogen-bond donors (Lipinski definition) is 3. The molecule has 1 heterocycles. The van der Waals surface area contributed by atoms with Gasteiger partial charge in [-0.15, -0.1) is 0 Å². The maximum absolute atomic E-state index is 11.9. The van der Waals surface area contributed by atoms with Crippen molar-refractivity contribution >= 4 is 17.7 Å². The summed E-state index contributed by atoms with van der Waals surface area (Å²) in [7, 11) is 0. The number of carboxylic acid groups (broad SMARTS) is 1.